The summed E-state index contributed by atoms with van der Waals surface area (Å²) in [6.45, 7) is 13.8. The van der Waals surface area contributed by atoms with E-state index in [-0.39, 0.29) is 5.41 Å². The monoisotopic (exact) mass is 306 g/mol. The summed E-state index contributed by atoms with van der Waals surface area (Å²) in [4.78, 5) is 2.65. The summed E-state index contributed by atoms with van der Waals surface area (Å²) in [5, 5.41) is 4.41. The molecule has 2 atom stereocenters. The molecule has 2 unspecified atom stereocenters. The molecule has 1 N–H and O–H groups in total. The Morgan fingerprint density at radius 2 is 2.05 bits per heavy atom. The van der Waals surface area contributed by atoms with Crippen molar-refractivity contribution in [1.82, 2.24) is 10.2 Å². The van der Waals surface area contributed by atoms with Crippen LogP contribution in [0.3, 0.4) is 0 Å². The third kappa shape index (κ3) is 5.01. The van der Waals surface area contributed by atoms with Crippen molar-refractivity contribution in [2.75, 3.05) is 31.9 Å². The summed E-state index contributed by atoms with van der Waals surface area (Å²) < 4.78 is 0. The summed E-state index contributed by atoms with van der Waals surface area (Å²) in [7, 11) is 0. The van der Waals surface area contributed by atoms with Crippen LogP contribution in [0.1, 0.15) is 33.3 Å². The smallest absolute Gasteiger partial charge is 0.0177 e. The van der Waals surface area contributed by atoms with Crippen LogP contribution in [0.25, 0.3) is 0 Å². The van der Waals surface area contributed by atoms with E-state index in [9.17, 15) is 0 Å². The van der Waals surface area contributed by atoms with Crippen molar-refractivity contribution in [1.29, 1.82) is 0 Å². The average Bonchev–Trinajstić information content (AvgIpc) is 2.46. The minimum atomic E-state index is 0.174. The van der Waals surface area contributed by atoms with Gasteiger partial charge in [0.15, 0.2) is 0 Å². The van der Waals surface area contributed by atoms with Crippen LogP contribution in [-0.2, 0) is 5.41 Å². The number of nitrogens with one attached hydrogen (secondary N) is 1. The highest BCUT2D eigenvalue weighted by Gasteiger charge is 2.30. The Hall–Kier alpha value is -0.510. The second-order valence-corrected chi connectivity index (χ2v) is 8.43. The van der Waals surface area contributed by atoms with E-state index in [2.05, 4.69) is 80.0 Å². The van der Waals surface area contributed by atoms with Crippen LogP contribution in [0.5, 0.6) is 0 Å². The van der Waals surface area contributed by atoms with E-state index < -0.39 is 0 Å². The maximum atomic E-state index is 3.65. The molecule has 0 amide bonds. The van der Waals surface area contributed by atoms with Crippen molar-refractivity contribution in [3.8, 4) is 0 Å². The van der Waals surface area contributed by atoms with Crippen LogP contribution >= 0.6 is 11.8 Å². The molecule has 2 nitrogen and oxygen atoms in total. The van der Waals surface area contributed by atoms with E-state index in [4.69, 9.17) is 0 Å². The highest BCUT2D eigenvalue weighted by molar-refractivity contribution is 7.99. The number of nitrogens with zero attached hydrogens (tertiary/aromatic N) is 1. The molecule has 3 heteroatoms. The standard InChI is InChI=1S/C18H30N2S/c1-15(2)19-13-18(4,17-8-6-5-7-9-17)14-20-10-11-21-16(3)12-20/h5-9,15-16,19H,10-14H2,1-4H3. The summed E-state index contributed by atoms with van der Waals surface area (Å²) in [6.07, 6.45) is 0. The number of hydrogen-bond acceptors (Lipinski definition) is 3. The molecule has 0 aromatic heterocycles. The van der Waals surface area contributed by atoms with Crippen LogP contribution in [0, 0.1) is 0 Å². The van der Waals surface area contributed by atoms with Gasteiger partial charge in [-0.15, -0.1) is 0 Å². The van der Waals surface area contributed by atoms with E-state index in [1.165, 1.54) is 24.4 Å². The van der Waals surface area contributed by atoms with Crippen LogP contribution in [0.2, 0.25) is 0 Å². The Kier molecular flexibility index (Phi) is 6.15. The van der Waals surface area contributed by atoms with Crippen LogP contribution in [0.15, 0.2) is 30.3 Å². The predicted octanol–water partition coefficient (Wildman–Crippen LogP) is 3.38. The third-order valence-corrected chi connectivity index (χ3v) is 5.41. The van der Waals surface area contributed by atoms with E-state index in [1.807, 2.05) is 0 Å². The van der Waals surface area contributed by atoms with Gasteiger partial charge in [-0.05, 0) is 5.56 Å². The molecule has 0 saturated carbocycles. The minimum Gasteiger partial charge on any atom is -0.314 e. The zero-order chi connectivity index (χ0) is 15.3. The summed E-state index contributed by atoms with van der Waals surface area (Å²) in [5.74, 6) is 1.27. The summed E-state index contributed by atoms with van der Waals surface area (Å²) in [6, 6.07) is 11.5. The fraction of sp³-hybridized carbons (Fsp3) is 0.667. The molecule has 1 aliphatic rings. The van der Waals surface area contributed by atoms with Crippen LogP contribution in [0.4, 0.5) is 0 Å². The molecule has 0 spiro atoms. The molecular formula is C18H30N2S. The minimum absolute atomic E-state index is 0.174. The van der Waals surface area contributed by atoms with Crippen molar-refractivity contribution >= 4 is 11.8 Å². The SMILES string of the molecule is CC(C)NCC(C)(CN1CCSC(C)C1)c1ccccc1. The van der Waals surface area contributed by atoms with E-state index in [0.29, 0.717) is 6.04 Å². The summed E-state index contributed by atoms with van der Waals surface area (Å²) >= 11 is 2.10. The van der Waals surface area contributed by atoms with Gasteiger partial charge < -0.3 is 10.2 Å². The van der Waals surface area contributed by atoms with Crippen molar-refractivity contribution < 1.29 is 0 Å². The molecule has 0 aliphatic carbocycles. The molecule has 1 aromatic rings. The zero-order valence-corrected chi connectivity index (χ0v) is 14.7. The molecule has 1 aliphatic heterocycles. The van der Waals surface area contributed by atoms with Gasteiger partial charge in [0.2, 0.25) is 0 Å². The highest BCUT2D eigenvalue weighted by Crippen LogP contribution is 2.27. The Bertz CT molecular complexity index is 420. The van der Waals surface area contributed by atoms with Gasteiger partial charge in [0, 0.05) is 48.6 Å². The lowest BCUT2D eigenvalue weighted by molar-refractivity contribution is 0.216. The van der Waals surface area contributed by atoms with E-state index >= 15 is 0 Å². The first-order valence-corrected chi connectivity index (χ1v) is 9.17. The molecule has 1 fully saturated rings. The van der Waals surface area contributed by atoms with Gasteiger partial charge in [-0.2, -0.15) is 11.8 Å². The zero-order valence-electron chi connectivity index (χ0n) is 13.9. The third-order valence-electron chi connectivity index (χ3n) is 4.27. The molecule has 2 rings (SSSR count). The van der Waals surface area contributed by atoms with Gasteiger partial charge in [0.25, 0.3) is 0 Å². The molecule has 1 heterocycles. The van der Waals surface area contributed by atoms with Crippen molar-refractivity contribution in [2.45, 2.75) is 44.4 Å². The molecule has 1 saturated heterocycles. The highest BCUT2D eigenvalue weighted by atomic mass is 32.2. The van der Waals surface area contributed by atoms with Gasteiger partial charge in [-0.25, -0.2) is 0 Å². The Morgan fingerprint density at radius 1 is 1.33 bits per heavy atom. The number of rotatable bonds is 6. The van der Waals surface area contributed by atoms with E-state index in [1.54, 1.807) is 0 Å². The fourth-order valence-electron chi connectivity index (χ4n) is 3.05. The van der Waals surface area contributed by atoms with Crippen LogP contribution < -0.4 is 5.32 Å². The maximum Gasteiger partial charge on any atom is 0.0177 e. The molecule has 21 heavy (non-hydrogen) atoms. The van der Waals surface area contributed by atoms with Crippen molar-refractivity contribution in [3.05, 3.63) is 35.9 Å². The van der Waals surface area contributed by atoms with Gasteiger partial charge >= 0.3 is 0 Å². The van der Waals surface area contributed by atoms with Gasteiger partial charge in [0.05, 0.1) is 0 Å². The largest absolute Gasteiger partial charge is 0.314 e. The lowest BCUT2D eigenvalue weighted by Crippen LogP contribution is -2.49. The topological polar surface area (TPSA) is 15.3 Å². The maximum absolute atomic E-state index is 3.65. The van der Waals surface area contributed by atoms with Gasteiger partial charge in [-0.1, -0.05) is 58.0 Å². The molecule has 0 bridgehead atoms. The first-order chi connectivity index (χ1) is 9.99. The van der Waals surface area contributed by atoms with Gasteiger partial charge in [-0.3, -0.25) is 0 Å². The first kappa shape index (κ1) is 16.9. The average molecular weight is 307 g/mol. The number of hydrogen-bond donors (Lipinski definition) is 1. The van der Waals surface area contributed by atoms with Gasteiger partial charge in [0.1, 0.15) is 0 Å². The number of thioether (sulfide) groups is 1. The quantitative estimate of drug-likeness (QED) is 0.867. The number of benzene rings is 1. The fourth-order valence-corrected chi connectivity index (χ4v) is 4.13. The van der Waals surface area contributed by atoms with Crippen LogP contribution in [-0.4, -0.2) is 48.1 Å². The predicted molar refractivity (Wildman–Crippen MR) is 95.3 cm³/mol. The Balaban J connectivity index is 2.11. The second kappa shape index (κ2) is 7.66. The summed E-state index contributed by atoms with van der Waals surface area (Å²) in [5.41, 5.74) is 1.62. The molecular weight excluding hydrogens is 276 g/mol. The molecule has 1 aromatic carbocycles. The lowest BCUT2D eigenvalue weighted by atomic mass is 9.81. The van der Waals surface area contributed by atoms with Crippen molar-refractivity contribution in [3.63, 3.8) is 0 Å². The molecule has 0 radical (unpaired) electrons. The molecule has 118 valence electrons. The first-order valence-electron chi connectivity index (χ1n) is 8.12. The Morgan fingerprint density at radius 3 is 2.67 bits per heavy atom. The second-order valence-electron chi connectivity index (χ2n) is 6.88. The van der Waals surface area contributed by atoms with E-state index in [0.717, 1.165) is 18.3 Å². The van der Waals surface area contributed by atoms with Crippen molar-refractivity contribution in [2.24, 2.45) is 0 Å². The Labute approximate surface area is 134 Å². The normalized spacial score (nSPS) is 23.2. The lowest BCUT2D eigenvalue weighted by Gasteiger charge is -2.39.